The van der Waals surface area contributed by atoms with Crippen molar-refractivity contribution >= 4 is 17.4 Å². The van der Waals surface area contributed by atoms with Crippen LogP contribution in [0.5, 0.6) is 0 Å². The lowest BCUT2D eigenvalue weighted by Gasteiger charge is -2.37. The van der Waals surface area contributed by atoms with Crippen molar-refractivity contribution in [1.82, 2.24) is 9.78 Å². The Kier molecular flexibility index (Phi) is 3.63. The lowest BCUT2D eigenvalue weighted by atomic mass is 9.71. The van der Waals surface area contributed by atoms with Crippen molar-refractivity contribution in [2.24, 2.45) is 11.3 Å². The number of aryl methyl sites for hydroxylation is 1. The fourth-order valence-corrected chi connectivity index (χ4v) is 3.13. The highest BCUT2D eigenvalue weighted by Gasteiger charge is 2.31. The molecule has 1 aromatic rings. The summed E-state index contributed by atoms with van der Waals surface area (Å²) in [6.07, 6.45) is 4.82. The smallest absolute Gasteiger partial charge is 0.141 e. The summed E-state index contributed by atoms with van der Waals surface area (Å²) in [6.45, 7) is 8.92. The Labute approximate surface area is 115 Å². The highest BCUT2D eigenvalue weighted by Crippen LogP contribution is 2.42. The third kappa shape index (κ3) is 2.51. The molecule has 0 saturated heterocycles. The number of nitrogens with two attached hydrogens (primary N) is 1. The summed E-state index contributed by atoms with van der Waals surface area (Å²) in [4.78, 5) is 0. The number of hydrogen-bond acceptors (Lipinski definition) is 2. The van der Waals surface area contributed by atoms with Gasteiger partial charge in [0.1, 0.15) is 10.8 Å². The first-order valence-electron chi connectivity index (χ1n) is 6.80. The number of halogens is 1. The first kappa shape index (κ1) is 13.7. The van der Waals surface area contributed by atoms with E-state index in [-0.39, 0.29) is 0 Å². The maximum absolute atomic E-state index is 6.11. The number of nitrogens with zero attached hydrogens (tertiary/aromatic N) is 2. The molecule has 0 spiro atoms. The topological polar surface area (TPSA) is 43.8 Å². The van der Waals surface area contributed by atoms with Crippen molar-refractivity contribution in [3.63, 3.8) is 0 Å². The zero-order chi connectivity index (χ0) is 13.5. The van der Waals surface area contributed by atoms with Crippen molar-refractivity contribution in [3.05, 3.63) is 10.7 Å². The summed E-state index contributed by atoms with van der Waals surface area (Å²) >= 11 is 6.11. The van der Waals surface area contributed by atoms with Crippen LogP contribution in [0.4, 0.5) is 5.82 Å². The lowest BCUT2D eigenvalue weighted by Crippen LogP contribution is -2.27. The van der Waals surface area contributed by atoms with Crippen LogP contribution in [-0.2, 0) is 0 Å². The highest BCUT2D eigenvalue weighted by atomic mass is 35.5. The van der Waals surface area contributed by atoms with Crippen molar-refractivity contribution in [3.8, 4) is 0 Å². The van der Waals surface area contributed by atoms with E-state index in [0.29, 0.717) is 22.3 Å². The monoisotopic (exact) mass is 269 g/mol. The molecule has 1 aliphatic carbocycles. The molecule has 1 heterocycles. The van der Waals surface area contributed by atoms with Crippen LogP contribution in [0.3, 0.4) is 0 Å². The van der Waals surface area contributed by atoms with Crippen LogP contribution in [-0.4, -0.2) is 9.78 Å². The molecule has 0 radical (unpaired) electrons. The van der Waals surface area contributed by atoms with Gasteiger partial charge in [-0.05, 0) is 43.9 Å². The lowest BCUT2D eigenvalue weighted by molar-refractivity contribution is 0.148. The van der Waals surface area contributed by atoms with Gasteiger partial charge in [-0.2, -0.15) is 5.10 Å². The third-order valence-electron chi connectivity index (χ3n) is 4.31. The normalized spacial score (nSPS) is 25.4. The Morgan fingerprint density at radius 2 is 1.78 bits per heavy atom. The zero-order valence-corrected chi connectivity index (χ0v) is 12.6. The molecule has 1 aromatic heterocycles. The number of hydrogen-bond donors (Lipinski definition) is 1. The molecule has 2 N–H and O–H groups in total. The van der Waals surface area contributed by atoms with Gasteiger partial charge in [0, 0.05) is 0 Å². The summed E-state index contributed by atoms with van der Waals surface area (Å²) in [6, 6.07) is 0.426. The van der Waals surface area contributed by atoms with Crippen LogP contribution >= 0.6 is 11.6 Å². The predicted octanol–water partition coefficient (Wildman–Crippen LogP) is 4.20. The van der Waals surface area contributed by atoms with Gasteiger partial charge in [0.25, 0.3) is 0 Å². The molecule has 0 amide bonds. The third-order valence-corrected chi connectivity index (χ3v) is 4.78. The van der Waals surface area contributed by atoms with Gasteiger partial charge < -0.3 is 5.73 Å². The van der Waals surface area contributed by atoms with Crippen molar-refractivity contribution in [2.75, 3.05) is 5.73 Å². The Morgan fingerprint density at radius 3 is 2.17 bits per heavy atom. The Bertz CT molecular complexity index is 423. The van der Waals surface area contributed by atoms with Gasteiger partial charge in [0.15, 0.2) is 0 Å². The summed E-state index contributed by atoms with van der Waals surface area (Å²) in [5.74, 6) is 1.44. The van der Waals surface area contributed by atoms with Crippen molar-refractivity contribution < 1.29 is 0 Å². The van der Waals surface area contributed by atoms with E-state index >= 15 is 0 Å². The summed E-state index contributed by atoms with van der Waals surface area (Å²) in [5, 5.41) is 5.10. The van der Waals surface area contributed by atoms with Gasteiger partial charge in [0.05, 0.1) is 11.7 Å². The first-order chi connectivity index (χ1) is 8.30. The van der Waals surface area contributed by atoms with Crippen LogP contribution in [0.2, 0.25) is 5.02 Å². The van der Waals surface area contributed by atoms with Crippen LogP contribution in [0, 0.1) is 18.3 Å². The molecule has 1 aliphatic rings. The molecule has 4 heteroatoms. The molecular formula is C14H24ClN3. The van der Waals surface area contributed by atoms with E-state index in [1.807, 2.05) is 11.6 Å². The van der Waals surface area contributed by atoms with Crippen LogP contribution in [0.25, 0.3) is 0 Å². The van der Waals surface area contributed by atoms with Crippen molar-refractivity contribution in [2.45, 2.75) is 59.4 Å². The first-order valence-corrected chi connectivity index (χ1v) is 7.18. The average molecular weight is 270 g/mol. The molecule has 0 atom stereocenters. The summed E-state index contributed by atoms with van der Waals surface area (Å²) < 4.78 is 1.94. The zero-order valence-electron chi connectivity index (χ0n) is 11.8. The maximum atomic E-state index is 6.11. The fourth-order valence-electron chi connectivity index (χ4n) is 3.01. The SMILES string of the molecule is Cc1nn(C2CCC(C(C)(C)C)CC2)c(N)c1Cl. The number of anilines is 1. The molecule has 0 unspecified atom stereocenters. The molecule has 3 nitrogen and oxygen atoms in total. The molecule has 0 bridgehead atoms. The van der Waals surface area contributed by atoms with Crippen molar-refractivity contribution in [1.29, 1.82) is 0 Å². The molecule has 2 rings (SSSR count). The minimum absolute atomic E-state index is 0.411. The predicted molar refractivity (Wildman–Crippen MR) is 76.8 cm³/mol. The number of rotatable bonds is 1. The van der Waals surface area contributed by atoms with Crippen LogP contribution in [0.15, 0.2) is 0 Å². The van der Waals surface area contributed by atoms with E-state index in [2.05, 4.69) is 25.9 Å². The van der Waals surface area contributed by atoms with Gasteiger partial charge in [0.2, 0.25) is 0 Å². The van der Waals surface area contributed by atoms with Gasteiger partial charge >= 0.3 is 0 Å². The van der Waals surface area contributed by atoms with Crippen LogP contribution < -0.4 is 5.73 Å². The minimum Gasteiger partial charge on any atom is -0.383 e. The molecule has 0 aromatic carbocycles. The maximum Gasteiger partial charge on any atom is 0.141 e. The summed E-state index contributed by atoms with van der Waals surface area (Å²) in [5.41, 5.74) is 7.27. The van der Waals surface area contributed by atoms with E-state index in [1.54, 1.807) is 0 Å². The second-order valence-corrected chi connectivity index (χ2v) is 6.98. The van der Waals surface area contributed by atoms with Gasteiger partial charge in [-0.3, -0.25) is 0 Å². The molecular weight excluding hydrogens is 246 g/mol. The van der Waals surface area contributed by atoms with Gasteiger partial charge in [-0.1, -0.05) is 32.4 Å². The standard InChI is InChI=1S/C14H24ClN3/c1-9-12(15)13(16)18(17-9)11-7-5-10(6-8-11)14(2,3)4/h10-11H,5-8,16H2,1-4H3. The Morgan fingerprint density at radius 1 is 1.22 bits per heavy atom. The molecule has 102 valence electrons. The highest BCUT2D eigenvalue weighted by molar-refractivity contribution is 6.33. The fraction of sp³-hybridized carbons (Fsp3) is 0.786. The Hall–Kier alpha value is -0.700. The van der Waals surface area contributed by atoms with E-state index in [4.69, 9.17) is 17.3 Å². The Balaban J connectivity index is 2.08. The molecule has 0 aliphatic heterocycles. The van der Waals surface area contributed by atoms with Crippen LogP contribution in [0.1, 0.15) is 58.2 Å². The number of aromatic nitrogens is 2. The summed E-state index contributed by atoms with van der Waals surface area (Å²) in [7, 11) is 0. The molecule has 18 heavy (non-hydrogen) atoms. The van der Waals surface area contributed by atoms with Gasteiger partial charge in [-0.15, -0.1) is 0 Å². The molecule has 1 fully saturated rings. The van der Waals surface area contributed by atoms with E-state index < -0.39 is 0 Å². The van der Waals surface area contributed by atoms with E-state index in [9.17, 15) is 0 Å². The van der Waals surface area contributed by atoms with E-state index in [0.717, 1.165) is 24.5 Å². The second-order valence-electron chi connectivity index (χ2n) is 6.60. The quantitative estimate of drug-likeness (QED) is 0.830. The molecule has 1 saturated carbocycles. The van der Waals surface area contributed by atoms with E-state index in [1.165, 1.54) is 12.8 Å². The minimum atomic E-state index is 0.411. The average Bonchev–Trinajstić information content (AvgIpc) is 2.56. The van der Waals surface area contributed by atoms with Gasteiger partial charge in [-0.25, -0.2) is 4.68 Å². The largest absolute Gasteiger partial charge is 0.383 e. The second kappa shape index (κ2) is 4.76. The number of nitrogen functional groups attached to an aromatic ring is 1.